The molecule has 1 aromatic rings. The van der Waals surface area contributed by atoms with Crippen molar-refractivity contribution in [1.82, 2.24) is 5.32 Å². The molecule has 3 N–H and O–H groups in total. The van der Waals surface area contributed by atoms with Gasteiger partial charge in [-0.1, -0.05) is 30.7 Å². The van der Waals surface area contributed by atoms with Crippen molar-refractivity contribution in [2.45, 2.75) is 39.3 Å². The van der Waals surface area contributed by atoms with Crippen molar-refractivity contribution in [1.29, 1.82) is 0 Å². The van der Waals surface area contributed by atoms with Gasteiger partial charge in [-0.05, 0) is 37.5 Å². The second kappa shape index (κ2) is 6.24. The highest BCUT2D eigenvalue weighted by Gasteiger charge is 2.12. The molecule has 0 aliphatic carbocycles. The number of halogens is 1. The van der Waals surface area contributed by atoms with Crippen molar-refractivity contribution >= 4 is 11.6 Å². The van der Waals surface area contributed by atoms with E-state index in [-0.39, 0.29) is 6.04 Å². The zero-order valence-electron chi connectivity index (χ0n) is 10.3. The molecule has 2 atom stereocenters. The fourth-order valence-electron chi connectivity index (χ4n) is 1.59. The molecule has 16 heavy (non-hydrogen) atoms. The smallest absolute Gasteiger partial charge is 0.0447 e. The molecule has 0 saturated carbocycles. The van der Waals surface area contributed by atoms with E-state index >= 15 is 0 Å². The third-order valence-corrected chi connectivity index (χ3v) is 3.34. The van der Waals surface area contributed by atoms with Gasteiger partial charge in [0, 0.05) is 23.7 Å². The van der Waals surface area contributed by atoms with Crippen molar-refractivity contribution in [2.75, 3.05) is 6.54 Å². The van der Waals surface area contributed by atoms with Gasteiger partial charge in [-0.25, -0.2) is 0 Å². The van der Waals surface area contributed by atoms with E-state index < -0.39 is 0 Å². The molecule has 2 nitrogen and oxygen atoms in total. The van der Waals surface area contributed by atoms with Crippen LogP contribution in [0.4, 0.5) is 0 Å². The third-order valence-electron chi connectivity index (χ3n) is 2.93. The maximum atomic E-state index is 6.12. The molecular weight excluding hydrogens is 220 g/mol. The Balaban J connectivity index is 2.82. The van der Waals surface area contributed by atoms with E-state index in [4.69, 9.17) is 17.3 Å². The van der Waals surface area contributed by atoms with Crippen LogP contribution < -0.4 is 11.1 Å². The SMILES string of the molecule is CCC(C)NC(CN)c1ccc(C)c(Cl)c1. The quantitative estimate of drug-likeness (QED) is 0.830. The predicted molar refractivity (Wildman–Crippen MR) is 70.9 cm³/mol. The van der Waals surface area contributed by atoms with Crippen molar-refractivity contribution in [3.63, 3.8) is 0 Å². The third kappa shape index (κ3) is 3.48. The van der Waals surface area contributed by atoms with Crippen LogP contribution in [0.2, 0.25) is 5.02 Å². The Hall–Kier alpha value is -0.570. The summed E-state index contributed by atoms with van der Waals surface area (Å²) in [6, 6.07) is 6.79. The van der Waals surface area contributed by atoms with Gasteiger partial charge in [0.05, 0.1) is 0 Å². The normalized spacial score (nSPS) is 14.8. The highest BCUT2D eigenvalue weighted by atomic mass is 35.5. The molecule has 2 unspecified atom stereocenters. The number of benzene rings is 1. The van der Waals surface area contributed by atoms with Gasteiger partial charge in [0.25, 0.3) is 0 Å². The molecule has 0 bridgehead atoms. The second-order valence-corrected chi connectivity index (χ2v) is 4.68. The van der Waals surface area contributed by atoms with E-state index in [0.717, 1.165) is 17.0 Å². The minimum absolute atomic E-state index is 0.188. The Labute approximate surface area is 103 Å². The zero-order valence-corrected chi connectivity index (χ0v) is 11.0. The van der Waals surface area contributed by atoms with Gasteiger partial charge in [0.2, 0.25) is 0 Å². The van der Waals surface area contributed by atoms with E-state index in [1.807, 2.05) is 19.1 Å². The summed E-state index contributed by atoms with van der Waals surface area (Å²) in [5.41, 5.74) is 8.06. The van der Waals surface area contributed by atoms with Crippen LogP contribution in [0.3, 0.4) is 0 Å². The summed E-state index contributed by atoms with van der Waals surface area (Å²) < 4.78 is 0. The van der Waals surface area contributed by atoms with Crippen molar-refractivity contribution < 1.29 is 0 Å². The summed E-state index contributed by atoms with van der Waals surface area (Å²) in [4.78, 5) is 0. The van der Waals surface area contributed by atoms with E-state index in [1.165, 1.54) is 5.56 Å². The number of nitrogens with two attached hydrogens (primary N) is 1. The number of nitrogens with one attached hydrogen (secondary N) is 1. The van der Waals surface area contributed by atoms with E-state index in [2.05, 4.69) is 25.2 Å². The lowest BCUT2D eigenvalue weighted by Gasteiger charge is -2.22. The first-order valence-corrected chi connectivity index (χ1v) is 6.18. The van der Waals surface area contributed by atoms with Gasteiger partial charge >= 0.3 is 0 Å². The van der Waals surface area contributed by atoms with Gasteiger partial charge in [0.15, 0.2) is 0 Å². The average molecular weight is 241 g/mol. The molecular formula is C13H21ClN2. The van der Waals surface area contributed by atoms with Crippen LogP contribution in [0.1, 0.15) is 37.4 Å². The summed E-state index contributed by atoms with van der Waals surface area (Å²) >= 11 is 6.12. The molecule has 0 spiro atoms. The Morgan fingerprint density at radius 2 is 2.12 bits per heavy atom. The van der Waals surface area contributed by atoms with Crippen LogP contribution in [-0.4, -0.2) is 12.6 Å². The Morgan fingerprint density at radius 3 is 2.62 bits per heavy atom. The first-order chi connectivity index (χ1) is 7.58. The molecule has 0 radical (unpaired) electrons. The highest BCUT2D eigenvalue weighted by Crippen LogP contribution is 2.21. The van der Waals surface area contributed by atoms with Crippen LogP contribution in [0, 0.1) is 6.92 Å². The Morgan fingerprint density at radius 1 is 1.44 bits per heavy atom. The summed E-state index contributed by atoms with van der Waals surface area (Å²) in [7, 11) is 0. The van der Waals surface area contributed by atoms with Crippen molar-refractivity contribution in [3.05, 3.63) is 34.3 Å². The Kier molecular flexibility index (Phi) is 5.26. The lowest BCUT2D eigenvalue weighted by Crippen LogP contribution is -2.34. The molecule has 1 aromatic carbocycles. The van der Waals surface area contributed by atoms with E-state index in [9.17, 15) is 0 Å². The monoisotopic (exact) mass is 240 g/mol. The fraction of sp³-hybridized carbons (Fsp3) is 0.538. The summed E-state index contributed by atoms with van der Waals surface area (Å²) in [6.07, 6.45) is 1.09. The molecule has 0 amide bonds. The minimum atomic E-state index is 0.188. The molecule has 0 aliphatic rings. The second-order valence-electron chi connectivity index (χ2n) is 4.27. The first kappa shape index (κ1) is 13.5. The molecule has 0 heterocycles. The number of aryl methyl sites for hydroxylation is 1. The molecule has 0 aromatic heterocycles. The van der Waals surface area contributed by atoms with Gasteiger partial charge in [-0.15, -0.1) is 0 Å². The lowest BCUT2D eigenvalue weighted by molar-refractivity contribution is 0.452. The van der Waals surface area contributed by atoms with E-state index in [1.54, 1.807) is 0 Å². The van der Waals surface area contributed by atoms with Gasteiger partial charge < -0.3 is 11.1 Å². The van der Waals surface area contributed by atoms with Gasteiger partial charge in [-0.3, -0.25) is 0 Å². The Bertz CT molecular complexity index is 339. The highest BCUT2D eigenvalue weighted by molar-refractivity contribution is 6.31. The van der Waals surface area contributed by atoms with Crippen molar-refractivity contribution in [3.8, 4) is 0 Å². The van der Waals surface area contributed by atoms with Crippen LogP contribution in [0.15, 0.2) is 18.2 Å². The van der Waals surface area contributed by atoms with Crippen LogP contribution in [0.5, 0.6) is 0 Å². The molecule has 1 rings (SSSR count). The summed E-state index contributed by atoms with van der Waals surface area (Å²) in [5.74, 6) is 0. The van der Waals surface area contributed by atoms with Crippen LogP contribution in [-0.2, 0) is 0 Å². The average Bonchev–Trinajstić information content (AvgIpc) is 2.29. The fourth-order valence-corrected chi connectivity index (χ4v) is 1.78. The number of rotatable bonds is 5. The number of hydrogen-bond donors (Lipinski definition) is 2. The molecule has 0 aliphatic heterocycles. The summed E-state index contributed by atoms with van der Waals surface area (Å²) in [5, 5.41) is 4.30. The number of hydrogen-bond acceptors (Lipinski definition) is 2. The molecule has 3 heteroatoms. The first-order valence-electron chi connectivity index (χ1n) is 5.80. The minimum Gasteiger partial charge on any atom is -0.329 e. The maximum Gasteiger partial charge on any atom is 0.0447 e. The largest absolute Gasteiger partial charge is 0.329 e. The standard InChI is InChI=1S/C13H21ClN2/c1-4-10(3)16-13(8-15)11-6-5-9(2)12(14)7-11/h5-7,10,13,16H,4,8,15H2,1-3H3. The maximum absolute atomic E-state index is 6.12. The lowest BCUT2D eigenvalue weighted by atomic mass is 10.0. The van der Waals surface area contributed by atoms with Gasteiger partial charge in [0.1, 0.15) is 0 Å². The van der Waals surface area contributed by atoms with Crippen molar-refractivity contribution in [2.24, 2.45) is 5.73 Å². The molecule has 0 saturated heterocycles. The molecule has 90 valence electrons. The predicted octanol–water partition coefficient (Wildman–Crippen LogP) is 3.04. The summed E-state index contributed by atoms with van der Waals surface area (Å²) in [6.45, 7) is 6.92. The molecule has 0 fully saturated rings. The topological polar surface area (TPSA) is 38.0 Å². The van der Waals surface area contributed by atoms with E-state index in [0.29, 0.717) is 12.6 Å². The van der Waals surface area contributed by atoms with Gasteiger partial charge in [-0.2, -0.15) is 0 Å². The zero-order chi connectivity index (χ0) is 12.1. The van der Waals surface area contributed by atoms with Crippen LogP contribution in [0.25, 0.3) is 0 Å². The van der Waals surface area contributed by atoms with Crippen LogP contribution >= 0.6 is 11.6 Å².